The summed E-state index contributed by atoms with van der Waals surface area (Å²) in [5, 5.41) is 11.5. The van der Waals surface area contributed by atoms with Gasteiger partial charge >= 0.3 is 0 Å². The van der Waals surface area contributed by atoms with Gasteiger partial charge in [0.15, 0.2) is 0 Å². The van der Waals surface area contributed by atoms with Crippen LogP contribution in [0.1, 0.15) is 79.8 Å². The van der Waals surface area contributed by atoms with E-state index >= 15 is 0 Å². The second-order valence-corrected chi connectivity index (χ2v) is 10.1. The number of hydrogen-bond donors (Lipinski definition) is 0. The van der Waals surface area contributed by atoms with Crippen LogP contribution in [0.15, 0.2) is 54.6 Å². The van der Waals surface area contributed by atoms with Gasteiger partial charge in [0.25, 0.3) is 0 Å². The third-order valence-corrected chi connectivity index (χ3v) is 7.42. The van der Waals surface area contributed by atoms with Crippen LogP contribution >= 0.6 is 0 Å². The number of nitriles is 1. The van der Waals surface area contributed by atoms with Gasteiger partial charge in [0, 0.05) is 18.6 Å². The molecule has 3 aromatic carbocycles. The fourth-order valence-electron chi connectivity index (χ4n) is 5.73. The molecule has 0 bridgehead atoms. The van der Waals surface area contributed by atoms with Crippen molar-refractivity contribution < 1.29 is 0 Å². The summed E-state index contributed by atoms with van der Waals surface area (Å²) in [6.07, 6.45) is 2.40. The van der Waals surface area contributed by atoms with Crippen molar-refractivity contribution in [3.05, 3.63) is 82.4 Å². The fraction of sp³-hybridized carbons (Fsp3) is 0.414. The Balaban J connectivity index is 1.43. The van der Waals surface area contributed by atoms with Gasteiger partial charge < -0.3 is 0 Å². The lowest BCUT2D eigenvalue weighted by Gasteiger charge is -2.42. The summed E-state index contributed by atoms with van der Waals surface area (Å²) in [5.74, 6) is 1.86. The van der Waals surface area contributed by atoms with Gasteiger partial charge in [-0.3, -0.25) is 4.90 Å². The summed E-state index contributed by atoms with van der Waals surface area (Å²) in [6.45, 7) is 10.6. The Bertz CT molecular complexity index is 1170. The van der Waals surface area contributed by atoms with Crippen LogP contribution in [-0.2, 0) is 6.42 Å². The van der Waals surface area contributed by atoms with E-state index < -0.39 is 0 Å². The van der Waals surface area contributed by atoms with Crippen molar-refractivity contribution >= 4 is 10.8 Å². The highest BCUT2D eigenvalue weighted by Crippen LogP contribution is 2.55. The molecule has 1 fully saturated rings. The average molecular weight is 409 g/mol. The highest BCUT2D eigenvalue weighted by molar-refractivity contribution is 5.84. The third-order valence-electron chi connectivity index (χ3n) is 7.42. The second-order valence-electron chi connectivity index (χ2n) is 10.1. The van der Waals surface area contributed by atoms with Crippen LogP contribution in [0.3, 0.4) is 0 Å². The van der Waals surface area contributed by atoms with Crippen LogP contribution in [0.25, 0.3) is 10.8 Å². The third kappa shape index (κ3) is 3.66. The van der Waals surface area contributed by atoms with Crippen LogP contribution in [-0.4, -0.2) is 17.5 Å². The van der Waals surface area contributed by atoms with Gasteiger partial charge in [0.1, 0.15) is 0 Å². The molecule has 0 aromatic heterocycles. The number of nitrogens with zero attached hydrogens (tertiary/aromatic N) is 2. The molecule has 0 spiro atoms. The van der Waals surface area contributed by atoms with Crippen LogP contribution in [0.5, 0.6) is 0 Å². The first-order chi connectivity index (χ1) is 15.0. The molecule has 1 aliphatic heterocycles. The van der Waals surface area contributed by atoms with Crippen LogP contribution < -0.4 is 0 Å². The Kier molecular flexibility index (Phi) is 5.11. The van der Waals surface area contributed by atoms with Crippen molar-refractivity contribution in [1.82, 2.24) is 4.90 Å². The van der Waals surface area contributed by atoms with Crippen molar-refractivity contribution in [3.63, 3.8) is 0 Å². The standard InChI is InChI=1S/C29H32N2/c1-18(2)29-28-15-25(9-7-21(28)11-12-31(29)19(3)4)27-16-26(27)24-10-8-22-13-20(17-30)5-6-23(22)14-24/h5-10,13-15,18-19,26-27,29H,11-12,16H2,1-4H3. The molecule has 0 N–H and O–H groups in total. The lowest BCUT2D eigenvalue weighted by molar-refractivity contribution is 0.108. The van der Waals surface area contributed by atoms with Crippen LogP contribution in [0, 0.1) is 17.2 Å². The minimum Gasteiger partial charge on any atom is -0.293 e. The predicted molar refractivity (Wildman–Crippen MR) is 128 cm³/mol. The van der Waals surface area contributed by atoms with Crippen molar-refractivity contribution in [2.45, 2.75) is 64.5 Å². The number of benzene rings is 3. The molecule has 0 radical (unpaired) electrons. The first-order valence-corrected chi connectivity index (χ1v) is 11.8. The summed E-state index contributed by atoms with van der Waals surface area (Å²) in [6, 6.07) is 23.5. The Morgan fingerprint density at radius 1 is 0.871 bits per heavy atom. The van der Waals surface area contributed by atoms with Gasteiger partial charge in [-0.05, 0) is 89.6 Å². The molecule has 158 valence electrons. The van der Waals surface area contributed by atoms with E-state index in [1.165, 1.54) is 35.9 Å². The molecule has 3 aromatic rings. The maximum absolute atomic E-state index is 9.14. The van der Waals surface area contributed by atoms with E-state index in [1.54, 1.807) is 11.1 Å². The minimum atomic E-state index is 0.524. The molecule has 1 saturated carbocycles. The summed E-state index contributed by atoms with van der Waals surface area (Å²) in [4.78, 5) is 2.69. The molecule has 3 atom stereocenters. The van der Waals surface area contributed by atoms with Gasteiger partial charge in [-0.15, -0.1) is 0 Å². The molecule has 5 rings (SSSR count). The zero-order chi connectivity index (χ0) is 21.7. The molecule has 0 amide bonds. The molecule has 2 nitrogen and oxygen atoms in total. The predicted octanol–water partition coefficient (Wildman–Crippen LogP) is 6.95. The Labute approximate surface area is 186 Å². The molecule has 1 heterocycles. The highest BCUT2D eigenvalue weighted by Gasteiger charge is 2.40. The fourth-order valence-corrected chi connectivity index (χ4v) is 5.73. The van der Waals surface area contributed by atoms with Crippen molar-refractivity contribution in [2.75, 3.05) is 6.54 Å². The Hall–Kier alpha value is -2.63. The van der Waals surface area contributed by atoms with E-state index in [9.17, 15) is 0 Å². The minimum absolute atomic E-state index is 0.524. The zero-order valence-electron chi connectivity index (χ0n) is 19.1. The average Bonchev–Trinajstić information content (AvgIpc) is 3.57. The van der Waals surface area contributed by atoms with Crippen molar-refractivity contribution in [2.24, 2.45) is 5.92 Å². The lowest BCUT2D eigenvalue weighted by Crippen LogP contribution is -2.42. The molecular formula is C29H32N2. The molecule has 1 aliphatic carbocycles. The molecule has 0 saturated heterocycles. The van der Waals surface area contributed by atoms with Gasteiger partial charge in [-0.25, -0.2) is 0 Å². The zero-order valence-corrected chi connectivity index (χ0v) is 19.1. The molecular weight excluding hydrogens is 376 g/mol. The maximum Gasteiger partial charge on any atom is 0.0991 e. The van der Waals surface area contributed by atoms with E-state index in [4.69, 9.17) is 5.26 Å². The second kappa shape index (κ2) is 7.81. The summed E-state index contributed by atoms with van der Waals surface area (Å²) >= 11 is 0. The van der Waals surface area contributed by atoms with Gasteiger partial charge in [0.2, 0.25) is 0 Å². The summed E-state index contributed by atoms with van der Waals surface area (Å²) < 4.78 is 0. The van der Waals surface area contributed by atoms with Crippen molar-refractivity contribution in [1.29, 1.82) is 5.26 Å². The molecule has 2 heteroatoms. The van der Waals surface area contributed by atoms with Gasteiger partial charge in [0.05, 0.1) is 11.6 Å². The number of hydrogen-bond acceptors (Lipinski definition) is 2. The van der Waals surface area contributed by atoms with E-state index in [0.29, 0.717) is 29.8 Å². The van der Waals surface area contributed by atoms with Crippen LogP contribution in [0.2, 0.25) is 0 Å². The first-order valence-electron chi connectivity index (χ1n) is 11.8. The first kappa shape index (κ1) is 20.3. The number of fused-ring (bicyclic) bond motifs is 2. The highest BCUT2D eigenvalue weighted by atomic mass is 15.2. The van der Waals surface area contributed by atoms with E-state index in [1.807, 2.05) is 12.1 Å². The summed E-state index contributed by atoms with van der Waals surface area (Å²) in [5.41, 5.74) is 6.80. The largest absolute Gasteiger partial charge is 0.293 e. The topological polar surface area (TPSA) is 27.0 Å². The number of rotatable bonds is 4. The van der Waals surface area contributed by atoms with E-state index in [-0.39, 0.29) is 0 Å². The molecule has 3 unspecified atom stereocenters. The SMILES string of the molecule is CC(C)C1c2cc(C3CC3c3ccc4cc(C#N)ccc4c3)ccc2CCN1C(C)C. The van der Waals surface area contributed by atoms with E-state index in [0.717, 1.165) is 10.9 Å². The lowest BCUT2D eigenvalue weighted by atomic mass is 9.84. The van der Waals surface area contributed by atoms with Crippen molar-refractivity contribution in [3.8, 4) is 6.07 Å². The normalized spacial score (nSPS) is 23.2. The Morgan fingerprint density at radius 3 is 2.26 bits per heavy atom. The van der Waals surface area contributed by atoms with E-state index in [2.05, 4.69) is 81.1 Å². The summed E-state index contributed by atoms with van der Waals surface area (Å²) in [7, 11) is 0. The van der Waals surface area contributed by atoms with Gasteiger partial charge in [-0.1, -0.05) is 56.3 Å². The van der Waals surface area contributed by atoms with Crippen LogP contribution in [0.4, 0.5) is 0 Å². The molecule has 2 aliphatic rings. The maximum atomic E-state index is 9.14. The molecule has 31 heavy (non-hydrogen) atoms. The Morgan fingerprint density at radius 2 is 1.55 bits per heavy atom. The monoisotopic (exact) mass is 408 g/mol. The smallest absolute Gasteiger partial charge is 0.0991 e. The van der Waals surface area contributed by atoms with Gasteiger partial charge in [-0.2, -0.15) is 5.26 Å². The quantitative estimate of drug-likeness (QED) is 0.467.